The highest BCUT2D eigenvalue weighted by molar-refractivity contribution is 7.92. The number of benzene rings is 1. The maximum atomic E-state index is 13.0. The lowest BCUT2D eigenvalue weighted by atomic mass is 10.2. The summed E-state index contributed by atoms with van der Waals surface area (Å²) in [6.45, 7) is 1.39. The Labute approximate surface area is 142 Å². The topological polar surface area (TPSA) is 75.7 Å². The molecule has 0 radical (unpaired) electrons. The maximum Gasteiger partial charge on any atom is 0.232 e. The zero-order chi connectivity index (χ0) is 17.6. The number of rotatable bonds is 8. The van der Waals surface area contributed by atoms with Crippen molar-refractivity contribution in [3.8, 4) is 0 Å². The summed E-state index contributed by atoms with van der Waals surface area (Å²) in [5.74, 6) is -0.557. The van der Waals surface area contributed by atoms with Crippen LogP contribution in [0.1, 0.15) is 25.7 Å². The van der Waals surface area contributed by atoms with Crippen LogP contribution in [-0.4, -0.2) is 46.4 Å². The number of halogens is 1. The smallest absolute Gasteiger partial charge is 0.232 e. The van der Waals surface area contributed by atoms with Gasteiger partial charge in [0.2, 0.25) is 15.9 Å². The number of nitrogens with one attached hydrogen (secondary N) is 1. The molecule has 1 aromatic rings. The number of hydrogen-bond acceptors (Lipinski definition) is 4. The molecule has 1 amide bonds. The normalized spacial score (nSPS) is 17.7. The van der Waals surface area contributed by atoms with Gasteiger partial charge in [-0.3, -0.25) is 9.10 Å². The Morgan fingerprint density at radius 3 is 2.67 bits per heavy atom. The molecule has 0 bridgehead atoms. The van der Waals surface area contributed by atoms with Gasteiger partial charge in [-0.25, -0.2) is 12.8 Å². The van der Waals surface area contributed by atoms with Crippen LogP contribution in [0.25, 0.3) is 0 Å². The minimum atomic E-state index is -3.49. The molecule has 1 atom stereocenters. The minimum absolute atomic E-state index is 0.0840. The van der Waals surface area contributed by atoms with Crippen molar-refractivity contribution in [2.75, 3.05) is 30.3 Å². The molecule has 0 saturated carbocycles. The molecule has 134 valence electrons. The summed E-state index contributed by atoms with van der Waals surface area (Å²) in [6, 6.07) is 5.24. The molecule has 1 aliphatic heterocycles. The molecule has 0 spiro atoms. The molecule has 24 heavy (non-hydrogen) atoms. The third-order valence-corrected chi connectivity index (χ3v) is 5.02. The summed E-state index contributed by atoms with van der Waals surface area (Å²) in [5, 5.41) is 2.80. The van der Waals surface area contributed by atoms with E-state index in [0.717, 1.165) is 25.7 Å². The lowest BCUT2D eigenvalue weighted by Gasteiger charge is -2.22. The van der Waals surface area contributed by atoms with Gasteiger partial charge in [0.25, 0.3) is 0 Å². The highest BCUT2D eigenvalue weighted by atomic mass is 32.2. The zero-order valence-corrected chi connectivity index (χ0v) is 14.5. The third kappa shape index (κ3) is 5.76. The standard InChI is InChI=1S/C16H23FN2O4S/c1-24(21,22)19(14-8-6-13(17)7-9-14)10-2-5-16(20)18-12-15-4-3-11-23-15/h6-9,15H,2-5,10-12H2,1H3,(H,18,20)/t15-/m1/s1. The molecule has 2 rings (SSSR count). The second-order valence-corrected chi connectivity index (χ2v) is 7.76. The summed E-state index contributed by atoms with van der Waals surface area (Å²) < 4.78 is 43.4. The van der Waals surface area contributed by atoms with E-state index >= 15 is 0 Å². The molecule has 1 fully saturated rings. The molecule has 1 heterocycles. The van der Waals surface area contributed by atoms with Crippen molar-refractivity contribution < 1.29 is 22.3 Å². The molecular weight excluding hydrogens is 335 g/mol. The van der Waals surface area contributed by atoms with Gasteiger partial charge in [0.1, 0.15) is 5.82 Å². The van der Waals surface area contributed by atoms with Crippen molar-refractivity contribution in [1.82, 2.24) is 5.32 Å². The van der Waals surface area contributed by atoms with E-state index in [1.807, 2.05) is 0 Å². The molecule has 0 aromatic heterocycles. The largest absolute Gasteiger partial charge is 0.376 e. The monoisotopic (exact) mass is 358 g/mol. The molecule has 1 N–H and O–H groups in total. The van der Waals surface area contributed by atoms with Gasteiger partial charge in [0.15, 0.2) is 0 Å². The van der Waals surface area contributed by atoms with Crippen LogP contribution >= 0.6 is 0 Å². The number of anilines is 1. The number of carbonyl (C=O) groups excluding carboxylic acids is 1. The van der Waals surface area contributed by atoms with Crippen molar-refractivity contribution in [3.63, 3.8) is 0 Å². The predicted octanol–water partition coefficient (Wildman–Crippen LogP) is 1.67. The summed E-state index contributed by atoms with van der Waals surface area (Å²) in [7, 11) is -3.49. The third-order valence-electron chi connectivity index (χ3n) is 3.83. The Hall–Kier alpha value is -1.67. The Kier molecular flexibility index (Phi) is 6.56. The van der Waals surface area contributed by atoms with Crippen molar-refractivity contribution >= 4 is 21.6 Å². The number of sulfonamides is 1. The minimum Gasteiger partial charge on any atom is -0.376 e. The van der Waals surface area contributed by atoms with E-state index in [9.17, 15) is 17.6 Å². The van der Waals surface area contributed by atoms with Gasteiger partial charge >= 0.3 is 0 Å². The fourth-order valence-corrected chi connectivity index (χ4v) is 3.56. The van der Waals surface area contributed by atoms with Crippen molar-refractivity contribution in [2.24, 2.45) is 0 Å². The zero-order valence-electron chi connectivity index (χ0n) is 13.7. The SMILES string of the molecule is CS(=O)(=O)N(CCCC(=O)NC[C@H]1CCCO1)c1ccc(F)cc1. The predicted molar refractivity (Wildman–Crippen MR) is 89.8 cm³/mol. The summed E-state index contributed by atoms with van der Waals surface area (Å²) in [4.78, 5) is 11.8. The number of amides is 1. The van der Waals surface area contributed by atoms with E-state index < -0.39 is 15.8 Å². The first-order valence-corrected chi connectivity index (χ1v) is 9.82. The van der Waals surface area contributed by atoms with Crippen LogP contribution in [0, 0.1) is 5.82 Å². The molecule has 6 nitrogen and oxygen atoms in total. The molecule has 1 saturated heterocycles. The van der Waals surface area contributed by atoms with E-state index in [1.54, 1.807) is 0 Å². The average Bonchev–Trinajstić information content (AvgIpc) is 3.03. The highest BCUT2D eigenvalue weighted by Crippen LogP contribution is 2.18. The van der Waals surface area contributed by atoms with Gasteiger partial charge in [-0.05, 0) is 43.5 Å². The number of carbonyl (C=O) groups is 1. The molecule has 1 aromatic carbocycles. The Bertz CT molecular complexity index is 643. The maximum absolute atomic E-state index is 13.0. The molecule has 1 aliphatic rings. The average molecular weight is 358 g/mol. The second kappa shape index (κ2) is 8.43. The van der Waals surface area contributed by atoms with Crippen LogP contribution < -0.4 is 9.62 Å². The Balaban J connectivity index is 1.82. The number of hydrogen-bond donors (Lipinski definition) is 1. The molecule has 0 aliphatic carbocycles. The summed E-state index contributed by atoms with van der Waals surface area (Å²) in [5.41, 5.74) is 0.388. The van der Waals surface area contributed by atoms with E-state index in [-0.39, 0.29) is 25.0 Å². The fourth-order valence-electron chi connectivity index (χ4n) is 2.60. The van der Waals surface area contributed by atoms with Gasteiger partial charge in [-0.1, -0.05) is 0 Å². The van der Waals surface area contributed by atoms with Crippen LogP contribution in [0.3, 0.4) is 0 Å². The van der Waals surface area contributed by atoms with Gasteiger partial charge in [0, 0.05) is 26.1 Å². The number of ether oxygens (including phenoxy) is 1. The van der Waals surface area contributed by atoms with Crippen LogP contribution in [0.2, 0.25) is 0 Å². The van der Waals surface area contributed by atoms with Crippen LogP contribution in [0.15, 0.2) is 24.3 Å². The first-order valence-electron chi connectivity index (χ1n) is 7.98. The Morgan fingerprint density at radius 2 is 2.08 bits per heavy atom. The van der Waals surface area contributed by atoms with Crippen molar-refractivity contribution in [1.29, 1.82) is 0 Å². The molecule has 0 unspecified atom stereocenters. The fraction of sp³-hybridized carbons (Fsp3) is 0.562. The van der Waals surface area contributed by atoms with E-state index in [1.165, 1.54) is 28.6 Å². The van der Waals surface area contributed by atoms with Crippen LogP contribution in [-0.2, 0) is 19.6 Å². The first-order chi connectivity index (χ1) is 11.4. The lowest BCUT2D eigenvalue weighted by Crippen LogP contribution is -2.34. The van der Waals surface area contributed by atoms with Crippen LogP contribution in [0.5, 0.6) is 0 Å². The number of nitrogens with zero attached hydrogens (tertiary/aromatic N) is 1. The second-order valence-electron chi connectivity index (χ2n) is 5.85. The quantitative estimate of drug-likeness (QED) is 0.767. The van der Waals surface area contributed by atoms with Crippen molar-refractivity contribution in [3.05, 3.63) is 30.1 Å². The molecular formula is C16H23FN2O4S. The highest BCUT2D eigenvalue weighted by Gasteiger charge is 2.19. The summed E-state index contributed by atoms with van der Waals surface area (Å²) >= 11 is 0. The Morgan fingerprint density at radius 1 is 1.38 bits per heavy atom. The van der Waals surface area contributed by atoms with E-state index in [0.29, 0.717) is 18.7 Å². The lowest BCUT2D eigenvalue weighted by molar-refractivity contribution is -0.121. The summed E-state index contributed by atoms with van der Waals surface area (Å²) in [6.07, 6.45) is 3.74. The van der Waals surface area contributed by atoms with Gasteiger partial charge < -0.3 is 10.1 Å². The van der Waals surface area contributed by atoms with Gasteiger partial charge in [-0.2, -0.15) is 0 Å². The van der Waals surface area contributed by atoms with E-state index in [2.05, 4.69) is 5.32 Å². The molecule has 8 heteroatoms. The van der Waals surface area contributed by atoms with E-state index in [4.69, 9.17) is 4.74 Å². The van der Waals surface area contributed by atoms with Gasteiger partial charge in [-0.15, -0.1) is 0 Å². The van der Waals surface area contributed by atoms with Crippen LogP contribution in [0.4, 0.5) is 10.1 Å². The first kappa shape index (κ1) is 18.7. The van der Waals surface area contributed by atoms with Crippen molar-refractivity contribution in [2.45, 2.75) is 31.8 Å². The van der Waals surface area contributed by atoms with Gasteiger partial charge in [0.05, 0.1) is 18.0 Å².